The smallest absolute Gasteiger partial charge is 0.191 e. The Morgan fingerprint density at radius 2 is 1.93 bits per heavy atom. The Morgan fingerprint density at radius 1 is 1.13 bits per heavy atom. The Morgan fingerprint density at radius 3 is 2.67 bits per heavy atom. The molecule has 0 saturated carbocycles. The molecular weight excluding hydrogens is 376 g/mol. The Kier molecular flexibility index (Phi) is 10.5. The maximum atomic E-state index is 5.84. The number of rotatable bonds is 10. The lowest BCUT2D eigenvalue weighted by atomic mass is 10.1. The fourth-order valence-corrected chi connectivity index (χ4v) is 4.08. The first-order chi connectivity index (χ1) is 14.8. The van der Waals surface area contributed by atoms with Gasteiger partial charge in [-0.3, -0.25) is 4.90 Å². The van der Waals surface area contributed by atoms with E-state index in [-0.39, 0.29) is 6.10 Å². The molecule has 6 heteroatoms. The molecule has 0 amide bonds. The van der Waals surface area contributed by atoms with Gasteiger partial charge in [-0.2, -0.15) is 0 Å². The van der Waals surface area contributed by atoms with Crippen LogP contribution in [0.1, 0.15) is 56.6 Å². The van der Waals surface area contributed by atoms with Gasteiger partial charge in [0.1, 0.15) is 0 Å². The van der Waals surface area contributed by atoms with Crippen LogP contribution in [0.4, 0.5) is 0 Å². The van der Waals surface area contributed by atoms with Crippen LogP contribution < -0.4 is 10.6 Å². The van der Waals surface area contributed by atoms with Crippen LogP contribution in [0.25, 0.3) is 0 Å². The molecule has 2 N–H and O–H groups in total. The van der Waals surface area contributed by atoms with Crippen LogP contribution in [0.3, 0.4) is 0 Å². The zero-order valence-corrected chi connectivity index (χ0v) is 18.7. The first-order valence-electron chi connectivity index (χ1n) is 11.9. The van der Waals surface area contributed by atoms with Gasteiger partial charge in [0.15, 0.2) is 5.96 Å². The largest absolute Gasteiger partial charge is 0.379 e. The van der Waals surface area contributed by atoms with Crippen LogP contribution >= 0.6 is 0 Å². The standard InChI is InChI=1S/C24H40N4O2/c1-2-25-24(26-13-9-16-30-23-12-17-29-20-23)27-18-21-10-5-6-11-22(21)19-28-14-7-3-4-8-15-28/h5-6,10-11,23H,2-4,7-9,12-20H2,1H3,(H2,25,26,27). The molecule has 2 aliphatic heterocycles. The van der Waals surface area contributed by atoms with E-state index in [1.807, 2.05) is 0 Å². The van der Waals surface area contributed by atoms with Gasteiger partial charge in [-0.1, -0.05) is 37.1 Å². The second kappa shape index (κ2) is 13.6. The highest BCUT2D eigenvalue weighted by atomic mass is 16.5. The van der Waals surface area contributed by atoms with Crippen LogP contribution in [0.2, 0.25) is 0 Å². The molecule has 2 fully saturated rings. The average Bonchev–Trinajstić information content (AvgIpc) is 3.15. The van der Waals surface area contributed by atoms with Gasteiger partial charge in [0.05, 0.1) is 19.3 Å². The van der Waals surface area contributed by atoms with Gasteiger partial charge in [0.2, 0.25) is 0 Å². The molecule has 1 aromatic rings. The molecule has 1 unspecified atom stereocenters. The van der Waals surface area contributed by atoms with Crippen molar-refractivity contribution in [2.75, 3.05) is 46.0 Å². The van der Waals surface area contributed by atoms with Crippen molar-refractivity contribution in [2.24, 2.45) is 4.99 Å². The summed E-state index contributed by atoms with van der Waals surface area (Å²) in [6, 6.07) is 8.76. The van der Waals surface area contributed by atoms with E-state index in [9.17, 15) is 0 Å². The third-order valence-electron chi connectivity index (χ3n) is 5.82. The number of hydrogen-bond acceptors (Lipinski definition) is 4. The first-order valence-corrected chi connectivity index (χ1v) is 11.9. The van der Waals surface area contributed by atoms with Crippen molar-refractivity contribution >= 4 is 5.96 Å². The van der Waals surface area contributed by atoms with Crippen LogP contribution in [0.15, 0.2) is 29.3 Å². The topological polar surface area (TPSA) is 58.1 Å². The monoisotopic (exact) mass is 416 g/mol. The normalized spacial score (nSPS) is 20.8. The molecule has 0 aliphatic carbocycles. The number of guanidine groups is 1. The van der Waals surface area contributed by atoms with E-state index in [1.54, 1.807) is 0 Å². The van der Waals surface area contributed by atoms with E-state index >= 15 is 0 Å². The summed E-state index contributed by atoms with van der Waals surface area (Å²) >= 11 is 0. The Balaban J connectivity index is 1.47. The van der Waals surface area contributed by atoms with Crippen molar-refractivity contribution < 1.29 is 9.47 Å². The zero-order chi connectivity index (χ0) is 20.9. The highest BCUT2D eigenvalue weighted by molar-refractivity contribution is 5.79. The summed E-state index contributed by atoms with van der Waals surface area (Å²) in [5.74, 6) is 0.881. The Hall–Kier alpha value is -1.63. The lowest BCUT2D eigenvalue weighted by Crippen LogP contribution is -2.38. The molecule has 30 heavy (non-hydrogen) atoms. The third kappa shape index (κ3) is 8.25. The summed E-state index contributed by atoms with van der Waals surface area (Å²) in [6.45, 7) is 10.3. The molecule has 168 valence electrons. The van der Waals surface area contributed by atoms with Gasteiger partial charge in [-0.25, -0.2) is 4.99 Å². The van der Waals surface area contributed by atoms with Gasteiger partial charge < -0.3 is 20.1 Å². The molecular formula is C24H40N4O2. The number of likely N-dealkylation sites (tertiary alicyclic amines) is 1. The van der Waals surface area contributed by atoms with Crippen LogP contribution in [0, 0.1) is 0 Å². The molecule has 0 spiro atoms. The molecule has 2 aliphatic rings. The zero-order valence-electron chi connectivity index (χ0n) is 18.7. The van der Waals surface area contributed by atoms with Gasteiger partial charge in [-0.15, -0.1) is 0 Å². The van der Waals surface area contributed by atoms with Crippen molar-refractivity contribution in [1.82, 2.24) is 15.5 Å². The summed E-state index contributed by atoms with van der Waals surface area (Å²) in [5.41, 5.74) is 2.73. The highest BCUT2D eigenvalue weighted by Crippen LogP contribution is 2.17. The van der Waals surface area contributed by atoms with Gasteiger partial charge in [0.25, 0.3) is 0 Å². The van der Waals surface area contributed by atoms with E-state index in [1.165, 1.54) is 49.9 Å². The summed E-state index contributed by atoms with van der Waals surface area (Å²) in [7, 11) is 0. The maximum Gasteiger partial charge on any atom is 0.191 e. The van der Waals surface area contributed by atoms with Crippen molar-refractivity contribution in [1.29, 1.82) is 0 Å². The summed E-state index contributed by atoms with van der Waals surface area (Å²) < 4.78 is 11.2. The highest BCUT2D eigenvalue weighted by Gasteiger charge is 2.15. The molecule has 1 aromatic carbocycles. The fraction of sp³-hybridized carbons (Fsp3) is 0.708. The number of aliphatic imine (C=N–C) groups is 1. The maximum absolute atomic E-state index is 5.84. The van der Waals surface area contributed by atoms with Crippen LogP contribution in [-0.2, 0) is 22.6 Å². The second-order valence-corrected chi connectivity index (χ2v) is 8.29. The van der Waals surface area contributed by atoms with Crippen molar-refractivity contribution in [3.05, 3.63) is 35.4 Å². The predicted octanol–water partition coefficient (Wildman–Crippen LogP) is 3.31. The summed E-state index contributed by atoms with van der Waals surface area (Å²) in [6.07, 6.45) is 7.67. The number of ether oxygens (including phenoxy) is 2. The van der Waals surface area contributed by atoms with E-state index in [2.05, 4.69) is 46.7 Å². The van der Waals surface area contributed by atoms with Crippen molar-refractivity contribution in [2.45, 2.75) is 64.6 Å². The lowest BCUT2D eigenvalue weighted by molar-refractivity contribution is 0.0420. The minimum absolute atomic E-state index is 0.285. The van der Waals surface area contributed by atoms with E-state index in [0.29, 0.717) is 6.54 Å². The lowest BCUT2D eigenvalue weighted by Gasteiger charge is -2.21. The number of benzene rings is 1. The Bertz CT molecular complexity index is 623. The molecule has 6 nitrogen and oxygen atoms in total. The van der Waals surface area contributed by atoms with Crippen molar-refractivity contribution in [3.63, 3.8) is 0 Å². The number of nitrogens with one attached hydrogen (secondary N) is 2. The van der Waals surface area contributed by atoms with Crippen LogP contribution in [0.5, 0.6) is 0 Å². The molecule has 2 heterocycles. The first kappa shape index (κ1) is 23.0. The minimum Gasteiger partial charge on any atom is -0.379 e. The molecule has 0 radical (unpaired) electrons. The van der Waals surface area contributed by atoms with Gasteiger partial charge in [-0.05, 0) is 56.8 Å². The molecule has 3 rings (SSSR count). The van der Waals surface area contributed by atoms with E-state index < -0.39 is 0 Å². The van der Waals surface area contributed by atoms with Gasteiger partial charge in [0, 0.05) is 32.8 Å². The predicted molar refractivity (Wildman–Crippen MR) is 123 cm³/mol. The molecule has 0 bridgehead atoms. The SMILES string of the molecule is CCNC(=NCc1ccccc1CN1CCCCCC1)NCCCOC1CCOC1. The quantitative estimate of drug-likeness (QED) is 0.348. The van der Waals surface area contributed by atoms with Gasteiger partial charge >= 0.3 is 0 Å². The van der Waals surface area contributed by atoms with E-state index in [4.69, 9.17) is 14.5 Å². The number of hydrogen-bond donors (Lipinski definition) is 2. The minimum atomic E-state index is 0.285. The van der Waals surface area contributed by atoms with Crippen molar-refractivity contribution in [3.8, 4) is 0 Å². The molecule has 1 atom stereocenters. The number of nitrogens with zero attached hydrogens (tertiary/aromatic N) is 2. The average molecular weight is 417 g/mol. The fourth-order valence-electron chi connectivity index (χ4n) is 4.08. The second-order valence-electron chi connectivity index (χ2n) is 8.29. The Labute approximate surface area is 182 Å². The summed E-state index contributed by atoms with van der Waals surface area (Å²) in [4.78, 5) is 7.45. The third-order valence-corrected chi connectivity index (χ3v) is 5.82. The van der Waals surface area contributed by atoms with E-state index in [0.717, 1.165) is 58.3 Å². The summed E-state index contributed by atoms with van der Waals surface area (Å²) in [5, 5.41) is 6.80. The molecule has 0 aromatic heterocycles. The van der Waals surface area contributed by atoms with Crippen LogP contribution in [-0.4, -0.2) is 63.0 Å². The molecule has 2 saturated heterocycles.